The van der Waals surface area contributed by atoms with Crippen molar-refractivity contribution in [3.8, 4) is 0 Å². The highest BCUT2D eigenvalue weighted by atomic mass is 16.3. The van der Waals surface area contributed by atoms with Crippen molar-refractivity contribution < 1.29 is 5.11 Å². The van der Waals surface area contributed by atoms with Gasteiger partial charge in [-0.3, -0.25) is 0 Å². The molecule has 2 N–H and O–H groups in total. The van der Waals surface area contributed by atoms with Crippen LogP contribution in [-0.2, 0) is 0 Å². The molecule has 2 heterocycles. The molecule has 1 aromatic heterocycles. The zero-order chi connectivity index (χ0) is 13.7. The van der Waals surface area contributed by atoms with Gasteiger partial charge in [-0.05, 0) is 43.9 Å². The van der Waals surface area contributed by atoms with Crippen molar-refractivity contribution in [1.82, 2.24) is 10.3 Å². The highest BCUT2D eigenvalue weighted by molar-refractivity contribution is 5.40. The Morgan fingerprint density at radius 3 is 3.00 bits per heavy atom. The molecule has 1 saturated heterocycles. The molecule has 0 radical (unpaired) electrons. The minimum Gasteiger partial charge on any atom is -0.396 e. The molecule has 1 aromatic rings. The van der Waals surface area contributed by atoms with E-state index in [0.29, 0.717) is 12.0 Å². The molecule has 0 saturated carbocycles. The van der Waals surface area contributed by atoms with Gasteiger partial charge in [-0.1, -0.05) is 13.0 Å². The van der Waals surface area contributed by atoms with E-state index in [-0.39, 0.29) is 6.61 Å². The first-order valence-electron chi connectivity index (χ1n) is 7.29. The summed E-state index contributed by atoms with van der Waals surface area (Å²) in [6.45, 7) is 7.49. The van der Waals surface area contributed by atoms with E-state index in [4.69, 9.17) is 0 Å². The number of hydrogen-bond acceptors (Lipinski definition) is 4. The van der Waals surface area contributed by atoms with Gasteiger partial charge in [0.05, 0.1) is 0 Å². The van der Waals surface area contributed by atoms with E-state index >= 15 is 0 Å². The van der Waals surface area contributed by atoms with Crippen molar-refractivity contribution in [2.45, 2.75) is 32.7 Å². The van der Waals surface area contributed by atoms with Crippen LogP contribution in [0.4, 0.5) is 5.82 Å². The lowest BCUT2D eigenvalue weighted by molar-refractivity contribution is 0.208. The number of nitrogens with one attached hydrogen (secondary N) is 1. The Bertz CT molecular complexity index is 379. The molecule has 0 spiro atoms. The number of rotatable bonds is 5. The Kier molecular flexibility index (Phi) is 5.16. The van der Waals surface area contributed by atoms with Crippen molar-refractivity contribution in [2.75, 3.05) is 31.1 Å². The Morgan fingerprint density at radius 1 is 1.53 bits per heavy atom. The van der Waals surface area contributed by atoms with Crippen LogP contribution in [0.2, 0.25) is 0 Å². The van der Waals surface area contributed by atoms with Gasteiger partial charge in [-0.2, -0.15) is 0 Å². The van der Waals surface area contributed by atoms with E-state index in [1.807, 2.05) is 6.20 Å². The first-order valence-corrected chi connectivity index (χ1v) is 7.29. The average Bonchev–Trinajstić information content (AvgIpc) is 2.48. The van der Waals surface area contributed by atoms with Gasteiger partial charge in [-0.25, -0.2) is 4.98 Å². The predicted octanol–water partition coefficient (Wildman–Crippen LogP) is 1.96. The molecule has 0 aliphatic carbocycles. The van der Waals surface area contributed by atoms with Crippen LogP contribution in [-0.4, -0.2) is 36.3 Å². The molecule has 4 nitrogen and oxygen atoms in total. The third-order valence-electron chi connectivity index (χ3n) is 3.88. The number of anilines is 1. The summed E-state index contributed by atoms with van der Waals surface area (Å²) in [6.07, 6.45) is 4.23. The lowest BCUT2D eigenvalue weighted by atomic mass is 9.99. The molecule has 1 aliphatic rings. The third-order valence-corrected chi connectivity index (χ3v) is 3.88. The van der Waals surface area contributed by atoms with E-state index in [1.165, 1.54) is 5.56 Å². The highest BCUT2D eigenvalue weighted by Gasteiger charge is 2.20. The van der Waals surface area contributed by atoms with E-state index in [2.05, 4.69) is 41.2 Å². The molecule has 106 valence electrons. The molecule has 0 aromatic carbocycles. The monoisotopic (exact) mass is 263 g/mol. The molecule has 1 aliphatic heterocycles. The molecule has 2 rings (SSSR count). The third kappa shape index (κ3) is 3.67. The Morgan fingerprint density at radius 2 is 2.37 bits per heavy atom. The van der Waals surface area contributed by atoms with Crippen molar-refractivity contribution in [2.24, 2.45) is 5.92 Å². The summed E-state index contributed by atoms with van der Waals surface area (Å²) in [5.41, 5.74) is 1.22. The zero-order valence-corrected chi connectivity index (χ0v) is 12.0. The molecule has 19 heavy (non-hydrogen) atoms. The van der Waals surface area contributed by atoms with Crippen molar-refractivity contribution in [3.63, 3.8) is 0 Å². The molecular weight excluding hydrogens is 238 g/mol. The number of aromatic nitrogens is 1. The topological polar surface area (TPSA) is 48.4 Å². The minimum absolute atomic E-state index is 0.284. The van der Waals surface area contributed by atoms with Crippen molar-refractivity contribution in [1.29, 1.82) is 0 Å². The number of aliphatic hydroxyl groups excluding tert-OH is 1. The van der Waals surface area contributed by atoms with E-state index < -0.39 is 0 Å². The van der Waals surface area contributed by atoms with Crippen molar-refractivity contribution >= 4 is 5.82 Å². The number of hydrogen-bond donors (Lipinski definition) is 2. The summed E-state index contributed by atoms with van der Waals surface area (Å²) in [5, 5.41) is 12.7. The van der Waals surface area contributed by atoms with Gasteiger partial charge < -0.3 is 15.3 Å². The average molecular weight is 263 g/mol. The second kappa shape index (κ2) is 6.87. The van der Waals surface area contributed by atoms with Crippen LogP contribution in [0, 0.1) is 5.92 Å². The standard InChI is InChI=1S/C15H25N3O/c1-3-16-12(2)14-6-7-15(17-9-14)18-8-4-5-13(10-18)11-19/h6-7,9,12-13,16,19H,3-5,8,10-11H2,1-2H3. The van der Waals surface area contributed by atoms with Gasteiger partial charge in [0.1, 0.15) is 5.82 Å². The summed E-state index contributed by atoms with van der Waals surface area (Å²) in [6, 6.07) is 4.60. The van der Waals surface area contributed by atoms with Crippen LogP contribution in [0.3, 0.4) is 0 Å². The minimum atomic E-state index is 0.284. The van der Waals surface area contributed by atoms with Gasteiger partial charge in [0.15, 0.2) is 0 Å². The summed E-state index contributed by atoms with van der Waals surface area (Å²) in [4.78, 5) is 6.86. The molecule has 4 heteroatoms. The van der Waals surface area contributed by atoms with E-state index in [0.717, 1.165) is 38.3 Å². The maximum absolute atomic E-state index is 9.28. The SMILES string of the molecule is CCNC(C)c1ccc(N2CCCC(CO)C2)nc1. The molecule has 2 unspecified atom stereocenters. The fraction of sp³-hybridized carbons (Fsp3) is 0.667. The molecule has 1 fully saturated rings. The Hall–Kier alpha value is -1.13. The highest BCUT2D eigenvalue weighted by Crippen LogP contribution is 2.22. The zero-order valence-electron chi connectivity index (χ0n) is 12.0. The Labute approximate surface area is 115 Å². The number of pyridine rings is 1. The normalized spacial score (nSPS) is 21.4. The fourth-order valence-corrected chi connectivity index (χ4v) is 2.69. The second-order valence-electron chi connectivity index (χ2n) is 5.37. The van der Waals surface area contributed by atoms with Crippen LogP contribution in [0.25, 0.3) is 0 Å². The summed E-state index contributed by atoms with van der Waals surface area (Å²) in [5.74, 6) is 1.43. The van der Waals surface area contributed by atoms with Crippen LogP contribution < -0.4 is 10.2 Å². The van der Waals surface area contributed by atoms with Gasteiger partial charge in [-0.15, -0.1) is 0 Å². The van der Waals surface area contributed by atoms with E-state index in [9.17, 15) is 5.11 Å². The van der Waals surface area contributed by atoms with Gasteiger partial charge >= 0.3 is 0 Å². The summed E-state index contributed by atoms with van der Waals surface area (Å²) < 4.78 is 0. The summed E-state index contributed by atoms with van der Waals surface area (Å²) in [7, 11) is 0. The molecule has 0 bridgehead atoms. The number of aliphatic hydroxyl groups is 1. The molecular formula is C15H25N3O. The van der Waals surface area contributed by atoms with E-state index in [1.54, 1.807) is 0 Å². The summed E-state index contributed by atoms with van der Waals surface area (Å²) >= 11 is 0. The smallest absolute Gasteiger partial charge is 0.128 e. The second-order valence-corrected chi connectivity index (χ2v) is 5.37. The van der Waals surface area contributed by atoms with Crippen molar-refractivity contribution in [3.05, 3.63) is 23.9 Å². The number of nitrogens with zero attached hydrogens (tertiary/aromatic N) is 2. The maximum Gasteiger partial charge on any atom is 0.128 e. The molecule has 2 atom stereocenters. The Balaban J connectivity index is 2.01. The van der Waals surface area contributed by atoms with Crippen LogP contribution >= 0.6 is 0 Å². The lowest BCUT2D eigenvalue weighted by Crippen LogP contribution is -2.37. The van der Waals surface area contributed by atoms with Gasteiger partial charge in [0, 0.05) is 31.9 Å². The first kappa shape index (κ1) is 14.3. The lowest BCUT2D eigenvalue weighted by Gasteiger charge is -2.32. The first-order chi connectivity index (χ1) is 9.24. The van der Waals surface area contributed by atoms with Crippen LogP contribution in [0.15, 0.2) is 18.3 Å². The largest absolute Gasteiger partial charge is 0.396 e. The fourth-order valence-electron chi connectivity index (χ4n) is 2.69. The van der Waals surface area contributed by atoms with Gasteiger partial charge in [0.2, 0.25) is 0 Å². The van der Waals surface area contributed by atoms with Crippen LogP contribution in [0.1, 0.15) is 38.3 Å². The quantitative estimate of drug-likeness (QED) is 0.852. The van der Waals surface area contributed by atoms with Gasteiger partial charge in [0.25, 0.3) is 0 Å². The molecule has 0 amide bonds. The predicted molar refractivity (Wildman–Crippen MR) is 78.4 cm³/mol. The maximum atomic E-state index is 9.28. The van der Waals surface area contributed by atoms with Crippen LogP contribution in [0.5, 0.6) is 0 Å². The number of piperidine rings is 1.